The van der Waals surface area contributed by atoms with Crippen LogP contribution in [0.2, 0.25) is 0 Å². The summed E-state index contributed by atoms with van der Waals surface area (Å²) >= 11 is 0. The zero-order chi connectivity index (χ0) is 11.3. The topological polar surface area (TPSA) is 79.5 Å². The van der Waals surface area contributed by atoms with Crippen molar-refractivity contribution in [1.82, 2.24) is 16.1 Å². The Morgan fingerprint density at radius 2 is 2.47 bits per heavy atom. The van der Waals surface area contributed by atoms with Crippen LogP contribution in [0.15, 0.2) is 0 Å². The van der Waals surface area contributed by atoms with Gasteiger partial charge in [0.2, 0.25) is 5.91 Å². The largest absolute Gasteiger partial charge is 0.342 e. The molecule has 1 saturated heterocycles. The van der Waals surface area contributed by atoms with E-state index in [1.54, 1.807) is 0 Å². The van der Waals surface area contributed by atoms with Crippen molar-refractivity contribution in [3.8, 4) is 0 Å². The number of rotatable bonds is 5. The molecule has 0 aliphatic carbocycles. The van der Waals surface area contributed by atoms with E-state index in [2.05, 4.69) is 16.1 Å². The minimum atomic E-state index is -0.554. The highest BCUT2D eigenvalue weighted by molar-refractivity contribution is 5.88. The summed E-state index contributed by atoms with van der Waals surface area (Å²) in [5.41, 5.74) is 2.19. The summed E-state index contributed by atoms with van der Waals surface area (Å²) in [5.74, 6) is -0.584. The lowest BCUT2D eigenvalue weighted by Crippen LogP contribution is -2.45. The molecule has 1 rings (SSSR count). The SMILES string of the molecule is CCNCC(C)C(=O)N[C@@H]1CONC1=O. The van der Waals surface area contributed by atoms with Crippen LogP contribution in [-0.2, 0) is 14.4 Å². The number of carbonyl (C=O) groups is 2. The van der Waals surface area contributed by atoms with E-state index in [0.717, 1.165) is 6.54 Å². The molecule has 1 aliphatic heterocycles. The predicted octanol–water partition coefficient (Wildman–Crippen LogP) is -1.22. The van der Waals surface area contributed by atoms with Gasteiger partial charge in [0.1, 0.15) is 12.6 Å². The van der Waals surface area contributed by atoms with Gasteiger partial charge >= 0.3 is 0 Å². The second-order valence-corrected chi connectivity index (χ2v) is 3.55. The van der Waals surface area contributed by atoms with Crippen LogP contribution in [0.1, 0.15) is 13.8 Å². The van der Waals surface area contributed by atoms with Crippen LogP contribution in [-0.4, -0.2) is 37.6 Å². The second kappa shape index (κ2) is 5.67. The average Bonchev–Trinajstić information content (AvgIpc) is 2.61. The smallest absolute Gasteiger partial charge is 0.268 e. The maximum Gasteiger partial charge on any atom is 0.268 e. The Bertz CT molecular complexity index is 245. The molecular weight excluding hydrogens is 198 g/mol. The van der Waals surface area contributed by atoms with Crippen LogP contribution in [0.25, 0.3) is 0 Å². The van der Waals surface area contributed by atoms with E-state index in [4.69, 9.17) is 4.84 Å². The van der Waals surface area contributed by atoms with Gasteiger partial charge in [0.15, 0.2) is 0 Å². The van der Waals surface area contributed by atoms with Crippen molar-refractivity contribution in [2.45, 2.75) is 19.9 Å². The maximum absolute atomic E-state index is 11.6. The summed E-state index contributed by atoms with van der Waals surface area (Å²) < 4.78 is 0. The third-order valence-electron chi connectivity index (χ3n) is 2.20. The van der Waals surface area contributed by atoms with Crippen LogP contribution in [0.5, 0.6) is 0 Å². The van der Waals surface area contributed by atoms with Gasteiger partial charge in [-0.2, -0.15) is 0 Å². The Balaban J connectivity index is 2.31. The molecule has 1 unspecified atom stereocenters. The van der Waals surface area contributed by atoms with E-state index < -0.39 is 6.04 Å². The van der Waals surface area contributed by atoms with E-state index in [9.17, 15) is 9.59 Å². The summed E-state index contributed by atoms with van der Waals surface area (Å²) in [5, 5.41) is 5.69. The van der Waals surface area contributed by atoms with Gasteiger partial charge in [-0.1, -0.05) is 13.8 Å². The molecule has 0 aromatic carbocycles. The molecular formula is C9H17N3O3. The van der Waals surface area contributed by atoms with Crippen molar-refractivity contribution < 1.29 is 14.4 Å². The fraction of sp³-hybridized carbons (Fsp3) is 0.778. The molecule has 0 aromatic rings. The van der Waals surface area contributed by atoms with E-state index in [-0.39, 0.29) is 24.3 Å². The van der Waals surface area contributed by atoms with Crippen molar-refractivity contribution in [2.75, 3.05) is 19.7 Å². The first-order chi connectivity index (χ1) is 7.15. The van der Waals surface area contributed by atoms with Crippen LogP contribution < -0.4 is 16.1 Å². The minimum Gasteiger partial charge on any atom is -0.342 e. The first kappa shape index (κ1) is 11.9. The molecule has 0 bridgehead atoms. The van der Waals surface area contributed by atoms with E-state index in [0.29, 0.717) is 6.54 Å². The van der Waals surface area contributed by atoms with Crippen molar-refractivity contribution in [2.24, 2.45) is 5.92 Å². The summed E-state index contributed by atoms with van der Waals surface area (Å²) in [4.78, 5) is 27.3. The molecule has 6 heteroatoms. The fourth-order valence-corrected chi connectivity index (χ4v) is 1.22. The third kappa shape index (κ3) is 3.49. The van der Waals surface area contributed by atoms with Gasteiger partial charge in [-0.3, -0.25) is 14.4 Å². The summed E-state index contributed by atoms with van der Waals surface area (Å²) in [7, 11) is 0. The number of amides is 2. The normalized spacial score (nSPS) is 22.3. The van der Waals surface area contributed by atoms with Gasteiger partial charge in [0.25, 0.3) is 5.91 Å². The van der Waals surface area contributed by atoms with Crippen LogP contribution in [0, 0.1) is 5.92 Å². The molecule has 6 nitrogen and oxygen atoms in total. The van der Waals surface area contributed by atoms with Crippen LogP contribution >= 0.6 is 0 Å². The Morgan fingerprint density at radius 1 is 1.73 bits per heavy atom. The molecule has 0 radical (unpaired) electrons. The van der Waals surface area contributed by atoms with Gasteiger partial charge in [0.05, 0.1) is 0 Å². The van der Waals surface area contributed by atoms with Crippen molar-refractivity contribution in [1.29, 1.82) is 0 Å². The number of hydrogen-bond acceptors (Lipinski definition) is 4. The van der Waals surface area contributed by atoms with E-state index in [1.165, 1.54) is 0 Å². The van der Waals surface area contributed by atoms with Gasteiger partial charge < -0.3 is 10.6 Å². The molecule has 2 amide bonds. The third-order valence-corrected chi connectivity index (χ3v) is 2.20. The Labute approximate surface area is 88.7 Å². The van der Waals surface area contributed by atoms with Crippen molar-refractivity contribution in [3.05, 3.63) is 0 Å². The number of hydrogen-bond donors (Lipinski definition) is 3. The summed E-state index contributed by atoms with van der Waals surface area (Å²) in [6.07, 6.45) is 0. The lowest BCUT2D eigenvalue weighted by molar-refractivity contribution is -0.130. The molecule has 86 valence electrons. The van der Waals surface area contributed by atoms with Gasteiger partial charge in [-0.05, 0) is 6.54 Å². The number of nitrogens with one attached hydrogen (secondary N) is 3. The van der Waals surface area contributed by atoms with E-state index in [1.807, 2.05) is 13.8 Å². The Kier molecular flexibility index (Phi) is 4.51. The molecule has 0 saturated carbocycles. The quantitative estimate of drug-likeness (QED) is 0.537. The van der Waals surface area contributed by atoms with Gasteiger partial charge in [-0.25, -0.2) is 5.48 Å². The first-order valence-corrected chi connectivity index (χ1v) is 5.08. The molecule has 0 spiro atoms. The van der Waals surface area contributed by atoms with Gasteiger partial charge in [-0.15, -0.1) is 0 Å². The first-order valence-electron chi connectivity index (χ1n) is 5.08. The standard InChI is InChI=1S/C9H17N3O3/c1-3-10-4-6(2)8(13)11-7-5-15-12-9(7)14/h6-7,10H,3-5H2,1-2H3,(H,11,13)(H,12,14)/t6?,7-/m1/s1. The molecule has 15 heavy (non-hydrogen) atoms. The predicted molar refractivity (Wildman–Crippen MR) is 53.7 cm³/mol. The monoisotopic (exact) mass is 215 g/mol. The Morgan fingerprint density at radius 3 is 3.00 bits per heavy atom. The Hall–Kier alpha value is -1.14. The molecule has 1 aliphatic rings. The van der Waals surface area contributed by atoms with Crippen molar-refractivity contribution in [3.63, 3.8) is 0 Å². The minimum absolute atomic E-state index is 0.137. The van der Waals surface area contributed by atoms with Crippen LogP contribution in [0.4, 0.5) is 0 Å². The van der Waals surface area contributed by atoms with Crippen LogP contribution in [0.3, 0.4) is 0 Å². The lowest BCUT2D eigenvalue weighted by Gasteiger charge is -2.14. The lowest BCUT2D eigenvalue weighted by atomic mass is 10.1. The fourth-order valence-electron chi connectivity index (χ4n) is 1.22. The van der Waals surface area contributed by atoms with Crippen molar-refractivity contribution >= 4 is 11.8 Å². The zero-order valence-corrected chi connectivity index (χ0v) is 9.00. The van der Waals surface area contributed by atoms with Gasteiger partial charge in [0, 0.05) is 12.5 Å². The number of carbonyl (C=O) groups excluding carboxylic acids is 2. The highest BCUT2D eigenvalue weighted by Gasteiger charge is 2.28. The number of hydroxylamine groups is 1. The second-order valence-electron chi connectivity index (χ2n) is 3.55. The highest BCUT2D eigenvalue weighted by atomic mass is 16.7. The highest BCUT2D eigenvalue weighted by Crippen LogP contribution is 1.98. The molecule has 1 heterocycles. The molecule has 2 atom stereocenters. The maximum atomic E-state index is 11.6. The zero-order valence-electron chi connectivity index (χ0n) is 9.00. The summed E-state index contributed by atoms with van der Waals surface area (Å²) in [6.45, 7) is 5.41. The molecule has 0 aromatic heterocycles. The molecule has 1 fully saturated rings. The molecule has 3 N–H and O–H groups in total. The average molecular weight is 215 g/mol. The van der Waals surface area contributed by atoms with E-state index >= 15 is 0 Å². The summed E-state index contributed by atoms with van der Waals surface area (Å²) in [6, 6.07) is -0.554.